The second kappa shape index (κ2) is 4.27. The van der Waals surface area contributed by atoms with Gasteiger partial charge in [-0.05, 0) is 24.8 Å². The van der Waals surface area contributed by atoms with Crippen molar-refractivity contribution < 1.29 is 13.2 Å². The van der Waals surface area contributed by atoms with Crippen LogP contribution in [0.4, 0.5) is 0 Å². The van der Waals surface area contributed by atoms with Crippen LogP contribution in [0.3, 0.4) is 0 Å². The Morgan fingerprint density at radius 2 is 2.12 bits per heavy atom. The lowest BCUT2D eigenvalue weighted by Crippen LogP contribution is -2.15. The first kappa shape index (κ1) is 12.3. The van der Waals surface area contributed by atoms with E-state index in [1.807, 2.05) is 13.8 Å². The van der Waals surface area contributed by atoms with E-state index in [9.17, 15) is 8.42 Å². The number of primary sulfonamides is 1. The largest absolute Gasteiger partial charge is 0.487 e. The fourth-order valence-electron chi connectivity index (χ4n) is 1.43. The Bertz CT molecular complexity index is 522. The van der Waals surface area contributed by atoms with Gasteiger partial charge in [0.1, 0.15) is 4.90 Å². The van der Waals surface area contributed by atoms with Gasteiger partial charge in [-0.3, -0.25) is 4.98 Å². The van der Waals surface area contributed by atoms with Crippen LogP contribution in [0.25, 0.3) is 0 Å². The number of hydrogen-bond acceptors (Lipinski definition) is 4. The average molecular weight is 256 g/mol. The third-order valence-electron chi connectivity index (χ3n) is 2.57. The van der Waals surface area contributed by atoms with Gasteiger partial charge in [-0.1, -0.05) is 13.8 Å². The molecule has 17 heavy (non-hydrogen) atoms. The van der Waals surface area contributed by atoms with E-state index in [1.54, 1.807) is 0 Å². The van der Waals surface area contributed by atoms with Gasteiger partial charge in [0.15, 0.2) is 5.75 Å². The van der Waals surface area contributed by atoms with Crippen LogP contribution in [0.5, 0.6) is 5.75 Å². The Labute approximate surface area is 101 Å². The summed E-state index contributed by atoms with van der Waals surface area (Å²) >= 11 is 0. The molecule has 5 nitrogen and oxygen atoms in total. The van der Waals surface area contributed by atoms with E-state index < -0.39 is 10.0 Å². The molecule has 94 valence electrons. The normalized spacial score (nSPS) is 16.2. The molecule has 1 fully saturated rings. The van der Waals surface area contributed by atoms with Crippen molar-refractivity contribution in [1.82, 2.24) is 4.98 Å². The van der Waals surface area contributed by atoms with Gasteiger partial charge in [0.25, 0.3) is 0 Å². The number of nitrogens with two attached hydrogens (primary N) is 1. The fraction of sp³-hybridized carbons (Fsp3) is 0.545. The molecule has 2 N–H and O–H groups in total. The molecule has 2 rings (SSSR count). The fourth-order valence-corrected chi connectivity index (χ4v) is 2.10. The summed E-state index contributed by atoms with van der Waals surface area (Å²) in [6, 6.07) is 1.50. The molecule has 0 atom stereocenters. The van der Waals surface area contributed by atoms with Crippen molar-refractivity contribution in [3.63, 3.8) is 0 Å². The molecule has 1 saturated carbocycles. The van der Waals surface area contributed by atoms with Crippen molar-refractivity contribution in [2.24, 2.45) is 5.14 Å². The van der Waals surface area contributed by atoms with Gasteiger partial charge in [-0.25, -0.2) is 13.6 Å². The Morgan fingerprint density at radius 1 is 1.47 bits per heavy atom. The quantitative estimate of drug-likeness (QED) is 0.882. The molecule has 1 aromatic heterocycles. The summed E-state index contributed by atoms with van der Waals surface area (Å²) in [5, 5.41) is 5.19. The first-order valence-corrected chi connectivity index (χ1v) is 7.12. The third kappa shape index (κ3) is 2.95. The number of nitrogens with zero attached hydrogens (tertiary/aromatic N) is 1. The number of aromatic nitrogens is 1. The molecule has 1 aromatic rings. The van der Waals surface area contributed by atoms with Crippen LogP contribution < -0.4 is 9.88 Å². The van der Waals surface area contributed by atoms with Crippen LogP contribution in [0.2, 0.25) is 0 Å². The summed E-state index contributed by atoms with van der Waals surface area (Å²) < 4.78 is 28.5. The molecule has 1 aliphatic carbocycles. The maximum Gasteiger partial charge on any atom is 0.241 e. The zero-order chi connectivity index (χ0) is 12.6. The highest BCUT2D eigenvalue weighted by Crippen LogP contribution is 2.31. The molecular weight excluding hydrogens is 240 g/mol. The second-order valence-corrected chi connectivity index (χ2v) is 6.10. The van der Waals surface area contributed by atoms with E-state index in [0.717, 1.165) is 12.8 Å². The molecule has 0 amide bonds. The Hall–Kier alpha value is -1.14. The minimum absolute atomic E-state index is 0.0306. The topological polar surface area (TPSA) is 82.3 Å². The van der Waals surface area contributed by atoms with Crippen molar-refractivity contribution in [3.05, 3.63) is 18.0 Å². The Kier molecular flexibility index (Phi) is 3.09. The highest BCUT2D eigenvalue weighted by Gasteiger charge is 2.27. The van der Waals surface area contributed by atoms with Crippen molar-refractivity contribution in [2.45, 2.75) is 43.6 Å². The number of ether oxygens (including phenoxy) is 1. The summed E-state index contributed by atoms with van der Waals surface area (Å²) in [4.78, 5) is 4.22. The maximum atomic E-state index is 11.5. The zero-order valence-electron chi connectivity index (χ0n) is 9.88. The van der Waals surface area contributed by atoms with Crippen molar-refractivity contribution in [2.75, 3.05) is 0 Å². The molecule has 1 heterocycles. The van der Waals surface area contributed by atoms with E-state index in [2.05, 4.69) is 4.98 Å². The van der Waals surface area contributed by atoms with Crippen LogP contribution in [-0.4, -0.2) is 19.5 Å². The van der Waals surface area contributed by atoms with Crippen molar-refractivity contribution in [3.8, 4) is 5.75 Å². The number of pyridine rings is 1. The highest BCUT2D eigenvalue weighted by atomic mass is 32.2. The van der Waals surface area contributed by atoms with Gasteiger partial charge in [-0.2, -0.15) is 0 Å². The molecule has 0 unspecified atom stereocenters. The first-order chi connectivity index (χ1) is 7.88. The minimum atomic E-state index is -3.77. The molecule has 0 aromatic carbocycles. The molecule has 0 saturated heterocycles. The average Bonchev–Trinajstić information content (AvgIpc) is 3.00. The molecule has 6 heteroatoms. The summed E-state index contributed by atoms with van der Waals surface area (Å²) in [7, 11) is -3.77. The minimum Gasteiger partial charge on any atom is -0.487 e. The lowest BCUT2D eigenvalue weighted by Gasteiger charge is -2.11. The van der Waals surface area contributed by atoms with Gasteiger partial charge in [0, 0.05) is 5.69 Å². The predicted molar refractivity (Wildman–Crippen MR) is 63.3 cm³/mol. The number of sulfonamides is 1. The molecule has 0 spiro atoms. The standard InChI is InChI=1S/C11H16N2O3S/c1-7(2)9-5-11(17(12,14)15)10(6-13-9)16-8-3-4-8/h5-8H,3-4H2,1-2H3,(H2,12,14,15). The van der Waals surface area contributed by atoms with Gasteiger partial charge in [0.05, 0.1) is 12.3 Å². The molecular formula is C11H16N2O3S. The summed E-state index contributed by atoms with van der Waals surface area (Å²) in [6.07, 6.45) is 3.47. The summed E-state index contributed by atoms with van der Waals surface area (Å²) in [5.74, 6) is 0.407. The summed E-state index contributed by atoms with van der Waals surface area (Å²) in [5.41, 5.74) is 0.692. The smallest absolute Gasteiger partial charge is 0.241 e. The van der Waals surface area contributed by atoms with E-state index in [0.29, 0.717) is 5.69 Å². The second-order valence-electron chi connectivity index (χ2n) is 4.57. The maximum absolute atomic E-state index is 11.5. The van der Waals surface area contributed by atoms with E-state index in [-0.39, 0.29) is 22.7 Å². The van der Waals surface area contributed by atoms with Crippen LogP contribution in [0.15, 0.2) is 17.2 Å². The van der Waals surface area contributed by atoms with E-state index in [1.165, 1.54) is 12.3 Å². The van der Waals surface area contributed by atoms with Gasteiger partial charge in [0.2, 0.25) is 10.0 Å². The van der Waals surface area contributed by atoms with Crippen LogP contribution in [-0.2, 0) is 10.0 Å². The first-order valence-electron chi connectivity index (χ1n) is 5.57. The van der Waals surface area contributed by atoms with Crippen LogP contribution in [0.1, 0.15) is 38.3 Å². The monoisotopic (exact) mass is 256 g/mol. The molecule has 1 aliphatic rings. The Balaban J connectivity index is 2.43. The molecule has 0 aliphatic heterocycles. The molecule has 0 radical (unpaired) electrons. The predicted octanol–water partition coefficient (Wildman–Crippen LogP) is 1.39. The SMILES string of the molecule is CC(C)c1cc(S(N)(=O)=O)c(OC2CC2)cn1. The Morgan fingerprint density at radius 3 is 2.59 bits per heavy atom. The summed E-state index contributed by atoms with van der Waals surface area (Å²) in [6.45, 7) is 3.88. The van der Waals surface area contributed by atoms with Crippen LogP contribution in [0, 0.1) is 0 Å². The van der Waals surface area contributed by atoms with E-state index in [4.69, 9.17) is 9.88 Å². The van der Waals surface area contributed by atoms with Gasteiger partial charge >= 0.3 is 0 Å². The van der Waals surface area contributed by atoms with Gasteiger partial charge in [-0.15, -0.1) is 0 Å². The number of rotatable bonds is 4. The van der Waals surface area contributed by atoms with E-state index >= 15 is 0 Å². The van der Waals surface area contributed by atoms with Crippen molar-refractivity contribution >= 4 is 10.0 Å². The zero-order valence-corrected chi connectivity index (χ0v) is 10.7. The third-order valence-corrected chi connectivity index (χ3v) is 3.50. The van der Waals surface area contributed by atoms with Crippen LogP contribution >= 0.6 is 0 Å². The highest BCUT2D eigenvalue weighted by molar-refractivity contribution is 7.89. The molecule has 0 bridgehead atoms. The number of hydrogen-bond donors (Lipinski definition) is 1. The lowest BCUT2D eigenvalue weighted by molar-refractivity contribution is 0.293. The van der Waals surface area contributed by atoms with Gasteiger partial charge < -0.3 is 4.74 Å². The lowest BCUT2D eigenvalue weighted by atomic mass is 10.1. The van der Waals surface area contributed by atoms with Crippen molar-refractivity contribution in [1.29, 1.82) is 0 Å².